The van der Waals surface area contributed by atoms with E-state index in [4.69, 9.17) is 0 Å². The standard InChI is InChI=1S/C22H19NO/c1-14-6-4-7-17(12-14)18-8-5-9-19-20-13-15(2)10-11-21(20)23(16(3)24)22(18)19/h4-13H,1-3H3. The van der Waals surface area contributed by atoms with Crippen LogP contribution in [0.3, 0.4) is 0 Å². The summed E-state index contributed by atoms with van der Waals surface area (Å²) in [6, 6.07) is 21.0. The number of rotatable bonds is 1. The van der Waals surface area contributed by atoms with E-state index in [1.165, 1.54) is 11.1 Å². The third-order valence-electron chi connectivity index (χ3n) is 4.59. The molecule has 0 spiro atoms. The Morgan fingerprint density at radius 3 is 2.33 bits per heavy atom. The smallest absolute Gasteiger partial charge is 0.228 e. The van der Waals surface area contributed by atoms with Crippen LogP contribution in [0.1, 0.15) is 22.8 Å². The summed E-state index contributed by atoms with van der Waals surface area (Å²) in [6.45, 7) is 5.81. The number of para-hydroxylation sites is 1. The first-order chi connectivity index (χ1) is 11.6. The summed E-state index contributed by atoms with van der Waals surface area (Å²) in [5.74, 6) is 0.0407. The average Bonchev–Trinajstić information content (AvgIpc) is 2.88. The fraction of sp³-hybridized carbons (Fsp3) is 0.136. The highest BCUT2D eigenvalue weighted by molar-refractivity contribution is 6.17. The molecular formula is C22H19NO. The van der Waals surface area contributed by atoms with Crippen molar-refractivity contribution >= 4 is 27.7 Å². The van der Waals surface area contributed by atoms with E-state index in [0.29, 0.717) is 0 Å². The first-order valence-corrected chi connectivity index (χ1v) is 8.18. The summed E-state index contributed by atoms with van der Waals surface area (Å²) in [7, 11) is 0. The first-order valence-electron chi connectivity index (χ1n) is 8.18. The van der Waals surface area contributed by atoms with Crippen molar-refractivity contribution in [3.63, 3.8) is 0 Å². The monoisotopic (exact) mass is 313 g/mol. The second kappa shape index (κ2) is 5.34. The Hall–Kier alpha value is -2.87. The fourth-order valence-electron chi connectivity index (χ4n) is 3.56. The van der Waals surface area contributed by atoms with Gasteiger partial charge in [-0.1, -0.05) is 59.7 Å². The topological polar surface area (TPSA) is 22.0 Å². The summed E-state index contributed by atoms with van der Waals surface area (Å²) in [5, 5.41) is 2.26. The predicted octanol–water partition coefficient (Wildman–Crippen LogP) is 5.74. The first kappa shape index (κ1) is 14.7. The van der Waals surface area contributed by atoms with E-state index in [1.54, 1.807) is 6.92 Å². The lowest BCUT2D eigenvalue weighted by molar-refractivity contribution is 0.0946. The zero-order valence-corrected chi connectivity index (χ0v) is 14.1. The van der Waals surface area contributed by atoms with Crippen molar-refractivity contribution in [1.29, 1.82) is 0 Å². The molecule has 3 aromatic carbocycles. The van der Waals surface area contributed by atoms with Crippen molar-refractivity contribution in [3.05, 3.63) is 71.8 Å². The lowest BCUT2D eigenvalue weighted by Crippen LogP contribution is -2.05. The molecule has 4 rings (SSSR count). The molecule has 0 aliphatic rings. The molecule has 0 saturated heterocycles. The Morgan fingerprint density at radius 1 is 0.833 bits per heavy atom. The minimum atomic E-state index is 0.0407. The van der Waals surface area contributed by atoms with Crippen LogP contribution in [-0.4, -0.2) is 10.5 Å². The van der Waals surface area contributed by atoms with E-state index in [9.17, 15) is 4.79 Å². The average molecular weight is 313 g/mol. The van der Waals surface area contributed by atoms with Gasteiger partial charge in [0.25, 0.3) is 0 Å². The van der Waals surface area contributed by atoms with Crippen molar-refractivity contribution in [3.8, 4) is 11.1 Å². The maximum Gasteiger partial charge on any atom is 0.228 e. The minimum Gasteiger partial charge on any atom is -0.279 e. The second-order valence-corrected chi connectivity index (χ2v) is 6.45. The van der Waals surface area contributed by atoms with E-state index in [-0.39, 0.29) is 5.91 Å². The Morgan fingerprint density at radius 2 is 1.58 bits per heavy atom. The zero-order valence-electron chi connectivity index (χ0n) is 14.1. The largest absolute Gasteiger partial charge is 0.279 e. The number of carbonyl (C=O) groups excluding carboxylic acids is 1. The highest BCUT2D eigenvalue weighted by atomic mass is 16.1. The van der Waals surface area contributed by atoms with Gasteiger partial charge in [-0.15, -0.1) is 0 Å². The number of hydrogen-bond acceptors (Lipinski definition) is 1. The molecular weight excluding hydrogens is 294 g/mol. The number of benzene rings is 3. The predicted molar refractivity (Wildman–Crippen MR) is 101 cm³/mol. The molecule has 2 heteroatoms. The molecule has 0 N–H and O–H groups in total. The molecule has 1 heterocycles. The highest BCUT2D eigenvalue weighted by Gasteiger charge is 2.17. The van der Waals surface area contributed by atoms with Crippen LogP contribution in [0, 0.1) is 13.8 Å². The van der Waals surface area contributed by atoms with E-state index < -0.39 is 0 Å². The van der Waals surface area contributed by atoms with E-state index >= 15 is 0 Å². The molecule has 4 aromatic rings. The fourth-order valence-corrected chi connectivity index (χ4v) is 3.56. The molecule has 0 bridgehead atoms. The van der Waals surface area contributed by atoms with Gasteiger partial charge >= 0.3 is 0 Å². The number of hydrogen-bond donors (Lipinski definition) is 0. The summed E-state index contributed by atoms with van der Waals surface area (Å²) in [6.07, 6.45) is 0. The van der Waals surface area contributed by atoms with Gasteiger partial charge in [0.2, 0.25) is 5.91 Å². The summed E-state index contributed by atoms with van der Waals surface area (Å²) in [4.78, 5) is 12.4. The van der Waals surface area contributed by atoms with Gasteiger partial charge in [-0.25, -0.2) is 0 Å². The maximum atomic E-state index is 12.4. The molecule has 118 valence electrons. The van der Waals surface area contributed by atoms with Gasteiger partial charge < -0.3 is 0 Å². The highest BCUT2D eigenvalue weighted by Crippen LogP contribution is 2.36. The van der Waals surface area contributed by atoms with E-state index in [1.807, 2.05) is 10.6 Å². The molecule has 0 saturated carbocycles. The zero-order chi connectivity index (χ0) is 16.8. The Bertz CT molecular complexity index is 1100. The number of carbonyl (C=O) groups is 1. The molecule has 0 unspecified atom stereocenters. The Kier molecular flexibility index (Phi) is 3.27. The van der Waals surface area contributed by atoms with Crippen molar-refractivity contribution in [1.82, 2.24) is 4.57 Å². The molecule has 2 nitrogen and oxygen atoms in total. The van der Waals surface area contributed by atoms with Crippen molar-refractivity contribution in [2.75, 3.05) is 0 Å². The van der Waals surface area contributed by atoms with Crippen LogP contribution in [0.5, 0.6) is 0 Å². The van der Waals surface area contributed by atoms with Gasteiger partial charge in [0, 0.05) is 23.3 Å². The van der Waals surface area contributed by atoms with Gasteiger partial charge in [0.05, 0.1) is 11.0 Å². The molecule has 0 radical (unpaired) electrons. The maximum absolute atomic E-state index is 12.4. The van der Waals surface area contributed by atoms with Crippen molar-refractivity contribution in [2.24, 2.45) is 0 Å². The molecule has 0 amide bonds. The molecule has 0 aliphatic carbocycles. The van der Waals surface area contributed by atoms with E-state index in [0.717, 1.165) is 32.9 Å². The van der Waals surface area contributed by atoms with Crippen LogP contribution in [0.4, 0.5) is 0 Å². The van der Waals surface area contributed by atoms with Crippen molar-refractivity contribution < 1.29 is 4.79 Å². The van der Waals surface area contributed by atoms with E-state index in [2.05, 4.69) is 68.4 Å². The quantitative estimate of drug-likeness (QED) is 0.439. The number of fused-ring (bicyclic) bond motifs is 3. The third kappa shape index (κ3) is 2.15. The summed E-state index contributed by atoms with van der Waals surface area (Å²) < 4.78 is 1.85. The third-order valence-corrected chi connectivity index (χ3v) is 4.59. The Balaban J connectivity index is 2.21. The van der Waals surface area contributed by atoms with Crippen LogP contribution in [0.15, 0.2) is 60.7 Å². The summed E-state index contributed by atoms with van der Waals surface area (Å²) >= 11 is 0. The van der Waals surface area contributed by atoms with Gasteiger partial charge in [0.1, 0.15) is 0 Å². The van der Waals surface area contributed by atoms with Gasteiger partial charge in [0.15, 0.2) is 0 Å². The van der Waals surface area contributed by atoms with Crippen LogP contribution >= 0.6 is 0 Å². The number of nitrogens with zero attached hydrogens (tertiary/aromatic N) is 1. The molecule has 0 atom stereocenters. The number of aromatic nitrogens is 1. The van der Waals surface area contributed by atoms with Crippen LogP contribution < -0.4 is 0 Å². The van der Waals surface area contributed by atoms with Crippen LogP contribution in [0.2, 0.25) is 0 Å². The van der Waals surface area contributed by atoms with Crippen LogP contribution in [-0.2, 0) is 0 Å². The molecule has 1 aromatic heterocycles. The van der Waals surface area contributed by atoms with Crippen molar-refractivity contribution in [2.45, 2.75) is 20.8 Å². The minimum absolute atomic E-state index is 0.0407. The van der Waals surface area contributed by atoms with Gasteiger partial charge in [-0.2, -0.15) is 0 Å². The van der Waals surface area contributed by atoms with Gasteiger partial charge in [-0.3, -0.25) is 9.36 Å². The molecule has 24 heavy (non-hydrogen) atoms. The summed E-state index contributed by atoms with van der Waals surface area (Å²) in [5.41, 5.74) is 6.62. The molecule has 0 fully saturated rings. The second-order valence-electron chi connectivity index (χ2n) is 6.45. The van der Waals surface area contributed by atoms with Crippen LogP contribution in [0.25, 0.3) is 32.9 Å². The lowest BCUT2D eigenvalue weighted by atomic mass is 10.0. The normalized spacial score (nSPS) is 11.3. The Labute approximate surface area is 141 Å². The SMILES string of the molecule is CC(=O)n1c2ccc(C)cc2c2cccc(-c3cccc(C)c3)c21. The number of aryl methyl sites for hydroxylation is 2. The lowest BCUT2D eigenvalue weighted by Gasteiger charge is -2.09. The van der Waals surface area contributed by atoms with Gasteiger partial charge in [-0.05, 0) is 31.5 Å². The molecule has 0 aliphatic heterocycles.